The maximum atomic E-state index is 13.3. The number of carboxylic acids is 1. The first-order valence-corrected chi connectivity index (χ1v) is 16.8. The van der Waals surface area contributed by atoms with Gasteiger partial charge in [0.15, 0.2) is 0 Å². The van der Waals surface area contributed by atoms with Crippen LogP contribution in [0.1, 0.15) is 24.8 Å². The number of aliphatic carboxylic acids is 1. The standard InChI is InChI=1S/C26H39N5O5S3/c1-37-11-8-20(29-23(32)18(27)14-16-15-28-19-7-5-4-6-17(16)19)24(33)30-21(9-12-38-2)25(34)31-22(26(35)36)10-13-39-3/h4-7,15,18,20-22,28H,8-14,27H2,1-3H3,(H,29,32)(H,30,33)(H,31,34)(H,35,36). The van der Waals surface area contributed by atoms with E-state index in [4.69, 9.17) is 5.73 Å². The lowest BCUT2D eigenvalue weighted by Gasteiger charge is -2.25. The van der Waals surface area contributed by atoms with Crippen LogP contribution in [0.4, 0.5) is 0 Å². The average Bonchev–Trinajstić information content (AvgIpc) is 3.33. The summed E-state index contributed by atoms with van der Waals surface area (Å²) in [6.45, 7) is 0. The quantitative estimate of drug-likeness (QED) is 0.150. The molecular weight excluding hydrogens is 559 g/mol. The van der Waals surface area contributed by atoms with Crippen molar-refractivity contribution in [1.82, 2.24) is 20.9 Å². The zero-order valence-electron chi connectivity index (χ0n) is 22.5. The van der Waals surface area contributed by atoms with E-state index >= 15 is 0 Å². The Labute approximate surface area is 242 Å². The number of hydrogen-bond acceptors (Lipinski definition) is 8. The Kier molecular flexibility index (Phi) is 14.6. The fourth-order valence-electron chi connectivity index (χ4n) is 3.96. The Hall–Kier alpha value is -2.35. The highest BCUT2D eigenvalue weighted by Gasteiger charge is 2.30. The molecule has 0 saturated carbocycles. The van der Waals surface area contributed by atoms with Gasteiger partial charge < -0.3 is 31.8 Å². The van der Waals surface area contributed by atoms with Gasteiger partial charge in [0.25, 0.3) is 0 Å². The highest BCUT2D eigenvalue weighted by Crippen LogP contribution is 2.19. The molecule has 10 nitrogen and oxygen atoms in total. The van der Waals surface area contributed by atoms with Crippen molar-refractivity contribution in [3.05, 3.63) is 36.0 Å². The van der Waals surface area contributed by atoms with Gasteiger partial charge in [-0.3, -0.25) is 14.4 Å². The number of aromatic amines is 1. The molecule has 1 aromatic carbocycles. The topological polar surface area (TPSA) is 166 Å². The molecule has 1 aromatic heterocycles. The van der Waals surface area contributed by atoms with Gasteiger partial charge in [-0.1, -0.05) is 18.2 Å². The van der Waals surface area contributed by atoms with Crippen LogP contribution < -0.4 is 21.7 Å². The van der Waals surface area contributed by atoms with Crippen LogP contribution in [0.2, 0.25) is 0 Å². The van der Waals surface area contributed by atoms with Gasteiger partial charge in [-0.05, 0) is 73.3 Å². The number of nitrogens with two attached hydrogens (primary N) is 1. The number of fused-ring (bicyclic) bond motifs is 1. The van der Waals surface area contributed by atoms with E-state index in [1.165, 1.54) is 35.3 Å². The normalized spacial score (nSPS) is 14.3. The first kappa shape index (κ1) is 32.9. The molecule has 2 aromatic rings. The maximum absolute atomic E-state index is 13.3. The number of para-hydroxylation sites is 1. The summed E-state index contributed by atoms with van der Waals surface area (Å²) >= 11 is 4.53. The second kappa shape index (κ2) is 17.4. The lowest BCUT2D eigenvalue weighted by atomic mass is 10.0. The number of hydrogen-bond donors (Lipinski definition) is 6. The molecule has 0 saturated heterocycles. The highest BCUT2D eigenvalue weighted by molar-refractivity contribution is 7.98. The first-order chi connectivity index (χ1) is 18.7. The van der Waals surface area contributed by atoms with Crippen LogP contribution in [-0.4, -0.2) is 94.0 Å². The number of thioether (sulfide) groups is 3. The SMILES string of the molecule is CSCCC(NC(=O)C(CCSC)NC(=O)C(CCSC)NC(=O)C(N)Cc1c[nH]c2ccccc12)C(=O)O. The van der Waals surface area contributed by atoms with E-state index in [1.54, 1.807) is 0 Å². The number of amides is 3. The molecule has 216 valence electrons. The number of rotatable bonds is 18. The molecule has 0 aliphatic heterocycles. The minimum Gasteiger partial charge on any atom is -0.480 e. The molecule has 7 N–H and O–H groups in total. The lowest BCUT2D eigenvalue weighted by molar-refractivity contribution is -0.142. The largest absolute Gasteiger partial charge is 0.480 e. The molecule has 0 bridgehead atoms. The molecule has 1 heterocycles. The molecule has 13 heteroatoms. The van der Waals surface area contributed by atoms with E-state index in [1.807, 2.05) is 49.2 Å². The Bertz CT molecular complexity index is 1100. The third kappa shape index (κ3) is 10.6. The predicted molar refractivity (Wildman–Crippen MR) is 162 cm³/mol. The molecule has 2 rings (SSSR count). The molecular formula is C26H39N5O5S3. The zero-order chi connectivity index (χ0) is 28.8. The Balaban J connectivity index is 2.09. The molecule has 0 spiro atoms. The van der Waals surface area contributed by atoms with E-state index in [0.29, 0.717) is 30.1 Å². The zero-order valence-corrected chi connectivity index (χ0v) is 25.0. The van der Waals surface area contributed by atoms with Crippen molar-refractivity contribution >= 4 is 69.9 Å². The van der Waals surface area contributed by atoms with E-state index in [0.717, 1.165) is 16.5 Å². The number of carboxylic acid groups (broad SMARTS) is 1. The third-order valence-corrected chi connectivity index (χ3v) is 8.10. The summed E-state index contributed by atoms with van der Waals surface area (Å²) in [6, 6.07) is 3.98. The van der Waals surface area contributed by atoms with Crippen LogP contribution in [0.3, 0.4) is 0 Å². The lowest BCUT2D eigenvalue weighted by Crippen LogP contribution is -2.57. The van der Waals surface area contributed by atoms with Crippen molar-refractivity contribution in [2.24, 2.45) is 5.73 Å². The van der Waals surface area contributed by atoms with Crippen molar-refractivity contribution < 1.29 is 24.3 Å². The molecule has 39 heavy (non-hydrogen) atoms. The van der Waals surface area contributed by atoms with Crippen LogP contribution >= 0.6 is 35.3 Å². The molecule has 0 fully saturated rings. The summed E-state index contributed by atoms with van der Waals surface area (Å²) in [5.41, 5.74) is 8.08. The fourth-order valence-corrected chi connectivity index (χ4v) is 5.37. The monoisotopic (exact) mass is 597 g/mol. The summed E-state index contributed by atoms with van der Waals surface area (Å²) in [6.07, 6.45) is 8.69. The first-order valence-electron chi connectivity index (χ1n) is 12.6. The van der Waals surface area contributed by atoms with E-state index in [2.05, 4.69) is 20.9 Å². The molecule has 0 aliphatic carbocycles. The summed E-state index contributed by atoms with van der Waals surface area (Å²) in [4.78, 5) is 54.1. The van der Waals surface area contributed by atoms with Gasteiger partial charge in [0.1, 0.15) is 18.1 Å². The molecule has 4 atom stereocenters. The van der Waals surface area contributed by atoms with Gasteiger partial charge in [0, 0.05) is 17.1 Å². The Morgan fingerprint density at radius 3 is 1.85 bits per heavy atom. The number of aromatic nitrogens is 1. The Morgan fingerprint density at radius 2 is 1.31 bits per heavy atom. The van der Waals surface area contributed by atoms with E-state index in [-0.39, 0.29) is 12.8 Å². The number of carbonyl (C=O) groups excluding carboxylic acids is 3. The van der Waals surface area contributed by atoms with Crippen LogP contribution in [-0.2, 0) is 25.6 Å². The third-order valence-electron chi connectivity index (χ3n) is 6.16. The van der Waals surface area contributed by atoms with Crippen LogP contribution in [0, 0.1) is 0 Å². The average molecular weight is 598 g/mol. The van der Waals surface area contributed by atoms with Crippen LogP contribution in [0.15, 0.2) is 30.5 Å². The second-order valence-electron chi connectivity index (χ2n) is 9.04. The maximum Gasteiger partial charge on any atom is 0.326 e. The molecule has 0 aliphatic rings. The van der Waals surface area contributed by atoms with Gasteiger partial charge in [-0.2, -0.15) is 35.3 Å². The summed E-state index contributed by atoms with van der Waals surface area (Å²) in [7, 11) is 0. The van der Waals surface area contributed by atoms with Crippen molar-refractivity contribution in [3.8, 4) is 0 Å². The van der Waals surface area contributed by atoms with Gasteiger partial charge in [0.2, 0.25) is 17.7 Å². The van der Waals surface area contributed by atoms with Crippen LogP contribution in [0.5, 0.6) is 0 Å². The summed E-state index contributed by atoms with van der Waals surface area (Å²) in [5, 5.41) is 18.5. The number of carbonyl (C=O) groups is 4. The van der Waals surface area contributed by atoms with Gasteiger partial charge in [-0.25, -0.2) is 4.79 Å². The predicted octanol–water partition coefficient (Wildman–Crippen LogP) is 1.84. The van der Waals surface area contributed by atoms with E-state index in [9.17, 15) is 24.3 Å². The van der Waals surface area contributed by atoms with Gasteiger partial charge >= 0.3 is 5.97 Å². The molecule has 3 amide bonds. The fraction of sp³-hybridized carbons (Fsp3) is 0.538. The number of H-pyrrole nitrogens is 1. The smallest absolute Gasteiger partial charge is 0.326 e. The van der Waals surface area contributed by atoms with Crippen molar-refractivity contribution in [3.63, 3.8) is 0 Å². The van der Waals surface area contributed by atoms with Crippen molar-refractivity contribution in [2.45, 2.75) is 49.9 Å². The second-order valence-corrected chi connectivity index (χ2v) is 12.0. The number of nitrogens with one attached hydrogen (secondary N) is 4. The summed E-state index contributed by atoms with van der Waals surface area (Å²) < 4.78 is 0. The summed E-state index contributed by atoms with van der Waals surface area (Å²) in [5.74, 6) is -0.894. The van der Waals surface area contributed by atoms with Gasteiger partial charge in [0.05, 0.1) is 6.04 Å². The highest BCUT2D eigenvalue weighted by atomic mass is 32.2. The number of benzene rings is 1. The molecule has 4 unspecified atom stereocenters. The van der Waals surface area contributed by atoms with Crippen LogP contribution in [0.25, 0.3) is 10.9 Å². The minimum absolute atomic E-state index is 0.270. The van der Waals surface area contributed by atoms with E-state index < -0.39 is 47.9 Å². The molecule has 0 radical (unpaired) electrons. The minimum atomic E-state index is -1.12. The Morgan fingerprint density at radius 1 is 0.821 bits per heavy atom. The van der Waals surface area contributed by atoms with Crippen molar-refractivity contribution in [2.75, 3.05) is 36.0 Å². The van der Waals surface area contributed by atoms with Gasteiger partial charge in [-0.15, -0.1) is 0 Å². The van der Waals surface area contributed by atoms with Crippen molar-refractivity contribution in [1.29, 1.82) is 0 Å².